The van der Waals surface area contributed by atoms with Crippen LogP contribution < -0.4 is 15.8 Å². The molecule has 0 heterocycles. The quantitative estimate of drug-likeness (QED) is 0.175. The molecule has 1 rings (SSSR count). The summed E-state index contributed by atoms with van der Waals surface area (Å²) >= 11 is 0. The van der Waals surface area contributed by atoms with Crippen molar-refractivity contribution in [3.05, 3.63) is 24.3 Å². The first-order valence-corrected chi connectivity index (χ1v) is 12.3. The Balaban J connectivity index is 1.70. The van der Waals surface area contributed by atoms with E-state index in [1.807, 2.05) is 32.9 Å². The van der Waals surface area contributed by atoms with Crippen molar-refractivity contribution >= 4 is 11.8 Å². The Morgan fingerprint density at radius 3 is 1.47 bits per heavy atom. The van der Waals surface area contributed by atoms with E-state index >= 15 is 0 Å². The van der Waals surface area contributed by atoms with Gasteiger partial charge < -0.3 is 48.9 Å². The van der Waals surface area contributed by atoms with Gasteiger partial charge in [0.05, 0.1) is 79.3 Å². The molecule has 11 nitrogen and oxygen atoms in total. The summed E-state index contributed by atoms with van der Waals surface area (Å²) in [6, 6.07) is 7.25. The number of hydrogen-bond acceptors (Lipinski definition) is 10. The standard InChI is InChI=1S/C25H44N2O9/c1-25(2,3)36-24(28)27-8-9-29-10-11-30-12-13-31-14-15-32-16-17-33-18-19-34-20-21-35-23-6-4-22(26)5-7-23/h4-7H,8-21,26H2,1-3H3,(H,27,28). The van der Waals surface area contributed by atoms with Gasteiger partial charge in [-0.2, -0.15) is 0 Å². The van der Waals surface area contributed by atoms with E-state index in [-0.39, 0.29) is 0 Å². The summed E-state index contributed by atoms with van der Waals surface area (Å²) in [5, 5.41) is 2.62. The molecule has 0 aliphatic carbocycles. The fourth-order valence-corrected chi connectivity index (χ4v) is 2.52. The number of alkyl carbamates (subject to hydrolysis) is 1. The van der Waals surface area contributed by atoms with Crippen molar-refractivity contribution in [2.24, 2.45) is 0 Å². The van der Waals surface area contributed by atoms with E-state index in [1.54, 1.807) is 12.1 Å². The summed E-state index contributed by atoms with van der Waals surface area (Å²) in [7, 11) is 0. The number of ether oxygens (including phenoxy) is 8. The molecular weight excluding hydrogens is 472 g/mol. The molecule has 0 aromatic heterocycles. The third kappa shape index (κ3) is 21.2. The van der Waals surface area contributed by atoms with Crippen molar-refractivity contribution in [1.82, 2.24) is 5.32 Å². The summed E-state index contributed by atoms with van der Waals surface area (Å²) in [4.78, 5) is 11.4. The number of nitrogens with two attached hydrogens (primary N) is 1. The van der Waals surface area contributed by atoms with Crippen LogP contribution >= 0.6 is 0 Å². The van der Waals surface area contributed by atoms with Crippen LogP contribution in [0.25, 0.3) is 0 Å². The van der Waals surface area contributed by atoms with E-state index in [1.165, 1.54) is 0 Å². The first-order chi connectivity index (χ1) is 17.4. The highest BCUT2D eigenvalue weighted by Crippen LogP contribution is 2.12. The van der Waals surface area contributed by atoms with E-state index in [2.05, 4.69) is 5.32 Å². The number of nitrogens with one attached hydrogen (secondary N) is 1. The van der Waals surface area contributed by atoms with Crippen molar-refractivity contribution in [3.63, 3.8) is 0 Å². The summed E-state index contributed by atoms with van der Waals surface area (Å²) in [6.07, 6.45) is -0.450. The summed E-state index contributed by atoms with van der Waals surface area (Å²) in [6.45, 7) is 12.1. The molecule has 208 valence electrons. The number of nitrogen functional groups attached to an aromatic ring is 1. The number of carbonyl (C=O) groups excluding carboxylic acids is 1. The maximum Gasteiger partial charge on any atom is 0.407 e. The van der Waals surface area contributed by atoms with Crippen LogP contribution in [0.1, 0.15) is 20.8 Å². The summed E-state index contributed by atoms with van der Waals surface area (Å²) < 4.78 is 43.2. The van der Waals surface area contributed by atoms with Crippen molar-refractivity contribution in [2.45, 2.75) is 26.4 Å². The SMILES string of the molecule is CC(C)(C)OC(=O)NCCOCCOCCOCCOCCOCCOCCOc1ccc(N)cc1. The van der Waals surface area contributed by atoms with Gasteiger partial charge in [-0.1, -0.05) is 0 Å². The molecule has 0 aliphatic heterocycles. The predicted octanol–water partition coefficient (Wildman–Crippen LogP) is 2.27. The van der Waals surface area contributed by atoms with Gasteiger partial charge in [0.2, 0.25) is 0 Å². The summed E-state index contributed by atoms with van der Waals surface area (Å²) in [5.41, 5.74) is 5.83. The smallest absolute Gasteiger partial charge is 0.407 e. The van der Waals surface area contributed by atoms with Crippen LogP contribution in [0.15, 0.2) is 24.3 Å². The topological polar surface area (TPSA) is 129 Å². The van der Waals surface area contributed by atoms with Gasteiger partial charge in [-0.25, -0.2) is 4.79 Å². The molecule has 1 amide bonds. The lowest BCUT2D eigenvalue weighted by molar-refractivity contribution is -0.0177. The number of anilines is 1. The van der Waals surface area contributed by atoms with Gasteiger partial charge >= 0.3 is 6.09 Å². The minimum Gasteiger partial charge on any atom is -0.491 e. The minimum atomic E-state index is -0.506. The van der Waals surface area contributed by atoms with Crippen LogP contribution in [-0.2, 0) is 33.2 Å². The number of carbonyl (C=O) groups is 1. The van der Waals surface area contributed by atoms with Gasteiger partial charge in [0.1, 0.15) is 18.0 Å². The van der Waals surface area contributed by atoms with Crippen LogP contribution in [0.3, 0.4) is 0 Å². The molecule has 0 saturated heterocycles. The third-order valence-electron chi connectivity index (χ3n) is 4.15. The third-order valence-corrected chi connectivity index (χ3v) is 4.15. The average Bonchev–Trinajstić information content (AvgIpc) is 2.82. The number of benzene rings is 1. The van der Waals surface area contributed by atoms with Gasteiger partial charge in [0.15, 0.2) is 0 Å². The van der Waals surface area contributed by atoms with Crippen molar-refractivity contribution in [1.29, 1.82) is 0 Å². The highest BCUT2D eigenvalue weighted by Gasteiger charge is 2.15. The Labute approximate surface area is 214 Å². The van der Waals surface area contributed by atoms with Crippen LogP contribution in [0, 0.1) is 0 Å². The fraction of sp³-hybridized carbons (Fsp3) is 0.720. The normalized spacial score (nSPS) is 11.4. The molecule has 1 aromatic carbocycles. The number of amides is 1. The second-order valence-electron chi connectivity index (χ2n) is 8.52. The maximum atomic E-state index is 11.4. The zero-order valence-electron chi connectivity index (χ0n) is 22.0. The first kappa shape index (κ1) is 31.9. The Hall–Kier alpha value is -2.15. The minimum absolute atomic E-state index is 0.387. The Bertz CT molecular complexity index is 654. The van der Waals surface area contributed by atoms with Gasteiger partial charge in [0, 0.05) is 12.2 Å². The van der Waals surface area contributed by atoms with E-state index < -0.39 is 11.7 Å². The van der Waals surface area contributed by atoms with E-state index in [4.69, 9.17) is 43.6 Å². The highest BCUT2D eigenvalue weighted by atomic mass is 16.6. The monoisotopic (exact) mass is 516 g/mol. The average molecular weight is 517 g/mol. The molecular formula is C25H44N2O9. The first-order valence-electron chi connectivity index (χ1n) is 12.3. The molecule has 1 aromatic rings. The molecule has 0 atom stereocenters. The molecule has 0 radical (unpaired) electrons. The second kappa shape index (κ2) is 21.0. The lowest BCUT2D eigenvalue weighted by Crippen LogP contribution is -2.34. The van der Waals surface area contributed by atoms with Crippen LogP contribution in [0.5, 0.6) is 5.75 Å². The van der Waals surface area contributed by atoms with Gasteiger partial charge in [-0.05, 0) is 45.0 Å². The number of hydrogen-bond donors (Lipinski definition) is 2. The molecule has 11 heteroatoms. The Kier molecular flexibility index (Phi) is 18.6. The molecule has 0 spiro atoms. The molecule has 0 bridgehead atoms. The van der Waals surface area contributed by atoms with E-state index in [9.17, 15) is 4.79 Å². The lowest BCUT2D eigenvalue weighted by Gasteiger charge is -2.19. The zero-order chi connectivity index (χ0) is 26.3. The Morgan fingerprint density at radius 1 is 0.667 bits per heavy atom. The van der Waals surface area contributed by atoms with Gasteiger partial charge in [0.25, 0.3) is 0 Å². The fourth-order valence-electron chi connectivity index (χ4n) is 2.52. The van der Waals surface area contributed by atoms with E-state index in [0.717, 1.165) is 5.75 Å². The van der Waals surface area contributed by atoms with Crippen molar-refractivity contribution < 1.29 is 42.7 Å². The maximum absolute atomic E-state index is 11.4. The van der Waals surface area contributed by atoms with Crippen molar-refractivity contribution in [2.75, 3.05) is 98.2 Å². The van der Waals surface area contributed by atoms with Crippen molar-refractivity contribution in [3.8, 4) is 5.75 Å². The zero-order valence-corrected chi connectivity index (χ0v) is 22.0. The highest BCUT2D eigenvalue weighted by molar-refractivity contribution is 5.67. The number of rotatable bonds is 22. The molecule has 36 heavy (non-hydrogen) atoms. The second-order valence-corrected chi connectivity index (χ2v) is 8.52. The largest absolute Gasteiger partial charge is 0.491 e. The molecule has 0 fully saturated rings. The molecule has 3 N–H and O–H groups in total. The van der Waals surface area contributed by atoms with E-state index in [0.29, 0.717) is 98.1 Å². The Morgan fingerprint density at radius 2 is 1.06 bits per heavy atom. The van der Waals surface area contributed by atoms with Crippen LogP contribution in [0.4, 0.5) is 10.5 Å². The summed E-state index contributed by atoms with van der Waals surface area (Å²) in [5.74, 6) is 0.769. The molecule has 0 unspecified atom stereocenters. The van der Waals surface area contributed by atoms with Gasteiger partial charge in [-0.3, -0.25) is 0 Å². The van der Waals surface area contributed by atoms with Crippen LogP contribution in [-0.4, -0.2) is 104 Å². The van der Waals surface area contributed by atoms with Gasteiger partial charge in [-0.15, -0.1) is 0 Å². The molecule has 0 aliphatic rings. The van der Waals surface area contributed by atoms with Crippen LogP contribution in [0.2, 0.25) is 0 Å². The molecule has 0 saturated carbocycles. The predicted molar refractivity (Wildman–Crippen MR) is 136 cm³/mol. The lowest BCUT2D eigenvalue weighted by atomic mass is 10.2.